The Hall–Kier alpha value is -4.30. The van der Waals surface area contributed by atoms with Crippen molar-refractivity contribution in [1.82, 2.24) is 19.7 Å². The van der Waals surface area contributed by atoms with Crippen molar-refractivity contribution in [3.63, 3.8) is 0 Å². The molecule has 1 N–H and O–H groups in total. The summed E-state index contributed by atoms with van der Waals surface area (Å²) < 4.78 is 79.4. The zero-order chi connectivity index (χ0) is 32.7. The molecule has 45 heavy (non-hydrogen) atoms. The number of likely N-dealkylation sites (tertiary alicyclic amines) is 1. The number of hydrogen-bond acceptors (Lipinski definition) is 7. The van der Waals surface area contributed by atoms with Crippen molar-refractivity contribution in [2.24, 2.45) is 0 Å². The number of aromatic nitrogens is 3. The van der Waals surface area contributed by atoms with Gasteiger partial charge in [0.05, 0.1) is 23.7 Å². The van der Waals surface area contributed by atoms with E-state index in [0.29, 0.717) is 5.52 Å². The van der Waals surface area contributed by atoms with Gasteiger partial charge in [0.25, 0.3) is 0 Å². The normalized spacial score (nSPS) is 21.1. The average molecular weight is 638 g/mol. The monoisotopic (exact) mass is 637 g/mol. The molecular weight excluding hydrogens is 605 g/mol. The summed E-state index contributed by atoms with van der Waals surface area (Å²) in [5.74, 6) is -4.60. The first kappa shape index (κ1) is 32.1. The van der Waals surface area contributed by atoms with E-state index in [-0.39, 0.29) is 41.9 Å². The number of carbonyl (C=O) groups is 3. The summed E-state index contributed by atoms with van der Waals surface area (Å²) in [6.45, 7) is 1.59. The molecule has 15 heteroatoms. The van der Waals surface area contributed by atoms with E-state index in [9.17, 15) is 36.3 Å². The minimum atomic E-state index is -3.08. The van der Waals surface area contributed by atoms with E-state index in [1.165, 1.54) is 42.6 Å². The summed E-state index contributed by atoms with van der Waals surface area (Å²) in [7, 11) is 0. The maximum Gasteiger partial charge on any atom is 0.435 e. The van der Waals surface area contributed by atoms with E-state index in [2.05, 4.69) is 20.1 Å². The van der Waals surface area contributed by atoms with Crippen molar-refractivity contribution in [1.29, 1.82) is 0 Å². The minimum absolute atomic E-state index is 0.0487. The maximum absolute atomic E-state index is 14.8. The quantitative estimate of drug-likeness (QED) is 0.338. The van der Waals surface area contributed by atoms with Crippen molar-refractivity contribution in [2.75, 3.05) is 11.9 Å². The second kappa shape index (κ2) is 11.9. The number of amides is 2. The fourth-order valence-corrected chi connectivity index (χ4v) is 5.80. The number of fused-ring (bicyclic) bond motifs is 1. The van der Waals surface area contributed by atoms with Gasteiger partial charge in [0.2, 0.25) is 17.7 Å². The summed E-state index contributed by atoms with van der Waals surface area (Å²) in [4.78, 5) is 45.5. The maximum atomic E-state index is 14.8. The van der Waals surface area contributed by atoms with E-state index in [0.717, 1.165) is 9.58 Å². The summed E-state index contributed by atoms with van der Waals surface area (Å²) >= 11 is 0. The molecule has 1 aliphatic heterocycles. The van der Waals surface area contributed by atoms with E-state index >= 15 is 0 Å². The number of halogens is 5. The van der Waals surface area contributed by atoms with Gasteiger partial charge in [0.15, 0.2) is 0 Å². The molecule has 10 nitrogen and oxygen atoms in total. The molecule has 0 radical (unpaired) electrons. The predicted molar refractivity (Wildman–Crippen MR) is 151 cm³/mol. The Morgan fingerprint density at radius 1 is 1.02 bits per heavy atom. The summed E-state index contributed by atoms with van der Waals surface area (Å²) in [5, 5.41) is 6.59. The number of nitrogens with zero attached hydrogens (tertiary/aromatic N) is 4. The van der Waals surface area contributed by atoms with Crippen molar-refractivity contribution in [3.05, 3.63) is 48.2 Å². The first-order chi connectivity index (χ1) is 21.1. The Morgan fingerprint density at radius 2 is 1.69 bits per heavy atom. The molecule has 0 spiro atoms. The SMILES string of the molecule is CC(C)(C)OC(=O)n1ncc2nc(NC(=O)[C@H]3C[C@@H](F)CN3C(=O)C3(c4ccc(OC(F)F)cc4)CCC(F)(F)CC3)ccc21. The van der Waals surface area contributed by atoms with Crippen LogP contribution in [0.25, 0.3) is 11.0 Å². The lowest BCUT2D eigenvalue weighted by Gasteiger charge is -2.42. The molecule has 1 aliphatic carbocycles. The smallest absolute Gasteiger partial charge is 0.435 e. The second-order valence-electron chi connectivity index (χ2n) is 12.3. The molecule has 2 aliphatic rings. The summed E-state index contributed by atoms with van der Waals surface area (Å²) in [6, 6.07) is 6.74. The largest absolute Gasteiger partial charge is 0.442 e. The van der Waals surface area contributed by atoms with Crippen LogP contribution < -0.4 is 10.1 Å². The first-order valence-electron chi connectivity index (χ1n) is 14.3. The molecule has 242 valence electrons. The summed E-state index contributed by atoms with van der Waals surface area (Å²) in [5.41, 5.74) is -1.47. The highest BCUT2D eigenvalue weighted by atomic mass is 19.3. The van der Waals surface area contributed by atoms with Gasteiger partial charge >= 0.3 is 12.7 Å². The Labute approximate surface area is 254 Å². The van der Waals surface area contributed by atoms with E-state index in [1.807, 2.05) is 0 Å². The molecule has 3 aromatic rings. The van der Waals surface area contributed by atoms with Crippen LogP contribution in [0.5, 0.6) is 5.75 Å². The molecule has 0 unspecified atom stereocenters. The Balaban J connectivity index is 1.38. The van der Waals surface area contributed by atoms with Crippen LogP contribution in [0.15, 0.2) is 42.6 Å². The molecule has 3 heterocycles. The van der Waals surface area contributed by atoms with Gasteiger partial charge in [-0.2, -0.15) is 18.6 Å². The predicted octanol–water partition coefficient (Wildman–Crippen LogP) is 5.84. The molecule has 2 aromatic heterocycles. The molecule has 5 rings (SSSR count). The van der Waals surface area contributed by atoms with Crippen LogP contribution in [0.4, 0.5) is 32.6 Å². The lowest BCUT2D eigenvalue weighted by atomic mass is 9.67. The third-order valence-electron chi connectivity index (χ3n) is 7.93. The highest BCUT2D eigenvalue weighted by Gasteiger charge is 2.53. The number of benzene rings is 1. The fourth-order valence-electron chi connectivity index (χ4n) is 5.80. The van der Waals surface area contributed by atoms with Gasteiger partial charge < -0.3 is 19.7 Å². The minimum Gasteiger partial charge on any atom is -0.442 e. The van der Waals surface area contributed by atoms with Crippen molar-refractivity contribution in [3.8, 4) is 5.75 Å². The van der Waals surface area contributed by atoms with Crippen LogP contribution >= 0.6 is 0 Å². The number of alkyl halides is 5. The number of pyridine rings is 1. The third kappa shape index (κ3) is 6.86. The van der Waals surface area contributed by atoms with E-state index < -0.39 is 73.1 Å². The van der Waals surface area contributed by atoms with Gasteiger partial charge in [-0.15, -0.1) is 0 Å². The molecule has 1 aromatic carbocycles. The molecule has 1 saturated carbocycles. The zero-order valence-corrected chi connectivity index (χ0v) is 24.7. The molecule has 2 fully saturated rings. The van der Waals surface area contributed by atoms with Gasteiger partial charge in [0.1, 0.15) is 34.9 Å². The number of anilines is 1. The van der Waals surface area contributed by atoms with Crippen molar-refractivity contribution in [2.45, 2.75) is 88.6 Å². The van der Waals surface area contributed by atoms with Crippen molar-refractivity contribution < 1.29 is 45.8 Å². The zero-order valence-electron chi connectivity index (χ0n) is 24.7. The van der Waals surface area contributed by atoms with E-state index in [1.54, 1.807) is 20.8 Å². The lowest BCUT2D eigenvalue weighted by molar-refractivity contribution is -0.146. The molecule has 2 atom stereocenters. The van der Waals surface area contributed by atoms with Gasteiger partial charge in [-0.3, -0.25) is 9.59 Å². The Morgan fingerprint density at radius 3 is 2.31 bits per heavy atom. The molecule has 2 amide bonds. The van der Waals surface area contributed by atoms with Crippen LogP contribution in [0.1, 0.15) is 58.4 Å². The van der Waals surface area contributed by atoms with Gasteiger partial charge in [-0.05, 0) is 63.4 Å². The van der Waals surface area contributed by atoms with Crippen molar-refractivity contribution >= 4 is 34.8 Å². The molecule has 1 saturated heterocycles. The number of ether oxygens (including phenoxy) is 2. The average Bonchev–Trinajstić information content (AvgIpc) is 3.55. The number of carbonyl (C=O) groups excluding carboxylic acids is 3. The Kier molecular flexibility index (Phi) is 8.49. The fraction of sp³-hybridized carbons (Fsp3) is 0.500. The van der Waals surface area contributed by atoms with Crippen LogP contribution in [-0.2, 0) is 19.7 Å². The number of hydrogen-bond donors (Lipinski definition) is 1. The van der Waals surface area contributed by atoms with E-state index in [4.69, 9.17) is 4.74 Å². The second-order valence-corrected chi connectivity index (χ2v) is 12.3. The first-order valence-corrected chi connectivity index (χ1v) is 14.3. The van der Waals surface area contributed by atoms with Crippen LogP contribution in [0, 0.1) is 0 Å². The van der Waals surface area contributed by atoms with Crippen LogP contribution in [-0.4, -0.2) is 74.5 Å². The summed E-state index contributed by atoms with van der Waals surface area (Å²) in [6.07, 6.45) is -3.16. The lowest BCUT2D eigenvalue weighted by Crippen LogP contribution is -2.54. The Bertz CT molecular complexity index is 1580. The van der Waals surface area contributed by atoms with Crippen LogP contribution in [0.2, 0.25) is 0 Å². The van der Waals surface area contributed by atoms with Gasteiger partial charge in [-0.1, -0.05) is 12.1 Å². The highest BCUT2D eigenvalue weighted by molar-refractivity contribution is 6.00. The standard InChI is InChI=1S/C30H32F5N5O5/c1-28(2,3)45-27(43)40-21-8-9-23(37-20(21)15-36-40)38-24(41)22-14-18(31)16-39(22)25(42)29(10-12-30(34,35)13-11-29)17-4-6-19(7-5-17)44-26(32)33/h4-9,15,18,22,26H,10-14,16H2,1-3H3,(H,37,38,41)/t18-,22-/m1/s1. The number of nitrogens with one attached hydrogen (secondary N) is 1. The van der Waals surface area contributed by atoms with Crippen LogP contribution in [0.3, 0.4) is 0 Å². The molecule has 0 bridgehead atoms. The topological polar surface area (TPSA) is 116 Å². The van der Waals surface area contributed by atoms with Gasteiger partial charge in [-0.25, -0.2) is 22.9 Å². The van der Waals surface area contributed by atoms with Gasteiger partial charge in [0, 0.05) is 19.3 Å². The number of rotatable bonds is 6. The molecular formula is C30H32F5N5O5. The highest BCUT2D eigenvalue weighted by Crippen LogP contribution is 2.47. The third-order valence-corrected chi connectivity index (χ3v) is 7.93.